The highest BCUT2D eigenvalue weighted by molar-refractivity contribution is 6.35. The fourth-order valence-electron chi connectivity index (χ4n) is 4.45. The number of pyridine rings is 1. The van der Waals surface area contributed by atoms with Gasteiger partial charge in [0.2, 0.25) is 0 Å². The third kappa shape index (κ3) is 2.04. The number of likely N-dealkylation sites (N-methyl/N-ethyl adjacent to an activating group) is 1. The van der Waals surface area contributed by atoms with Crippen LogP contribution in [0.15, 0.2) is 24.5 Å². The van der Waals surface area contributed by atoms with Gasteiger partial charge in [0.25, 0.3) is 0 Å². The van der Waals surface area contributed by atoms with Crippen LogP contribution in [0.5, 0.6) is 0 Å². The van der Waals surface area contributed by atoms with Crippen molar-refractivity contribution < 1.29 is 0 Å². The summed E-state index contributed by atoms with van der Waals surface area (Å²) in [4.78, 5) is 10.0. The van der Waals surface area contributed by atoms with Crippen LogP contribution in [0.2, 0.25) is 5.02 Å². The van der Waals surface area contributed by atoms with Gasteiger partial charge in [-0.15, -0.1) is 0 Å². The van der Waals surface area contributed by atoms with Crippen LogP contribution in [-0.4, -0.2) is 44.8 Å². The Labute approximate surface area is 145 Å². The average Bonchev–Trinajstić information content (AvgIpc) is 3.27. The Morgan fingerprint density at radius 2 is 2.17 bits per heavy atom. The van der Waals surface area contributed by atoms with Crippen LogP contribution >= 0.6 is 11.6 Å². The zero-order chi connectivity index (χ0) is 16.3. The lowest BCUT2D eigenvalue weighted by molar-refractivity contribution is 0.289. The fraction of sp³-hybridized carbons (Fsp3) is 0.444. The molecule has 0 saturated carbocycles. The highest BCUT2D eigenvalue weighted by Crippen LogP contribution is 2.42. The van der Waals surface area contributed by atoms with Crippen LogP contribution in [0, 0.1) is 0 Å². The average molecular weight is 342 g/mol. The smallest absolute Gasteiger partial charge is 0.138 e. The topological polar surface area (TPSA) is 49.7 Å². The van der Waals surface area contributed by atoms with Gasteiger partial charge in [-0.2, -0.15) is 5.10 Å². The minimum atomic E-state index is 0.279. The maximum Gasteiger partial charge on any atom is 0.138 e. The molecule has 1 saturated heterocycles. The summed E-state index contributed by atoms with van der Waals surface area (Å²) in [5, 5.41) is 6.55. The molecule has 1 N–H and O–H groups in total. The second-order valence-corrected chi connectivity index (χ2v) is 7.67. The summed E-state index contributed by atoms with van der Waals surface area (Å²) in [6, 6.07) is 4.37. The SMILES string of the molecule is CN1CCC2(CCCn3nc(-c4cnc5[nH]cc(Cl)c5c4)cc32)C1. The van der Waals surface area contributed by atoms with E-state index in [0.29, 0.717) is 5.02 Å². The molecular weight excluding hydrogens is 322 g/mol. The van der Waals surface area contributed by atoms with E-state index in [1.54, 1.807) is 6.20 Å². The van der Waals surface area contributed by atoms with Crippen LogP contribution in [0.3, 0.4) is 0 Å². The Morgan fingerprint density at radius 1 is 1.25 bits per heavy atom. The van der Waals surface area contributed by atoms with E-state index in [4.69, 9.17) is 16.7 Å². The number of halogens is 1. The lowest BCUT2D eigenvalue weighted by atomic mass is 9.77. The van der Waals surface area contributed by atoms with Crippen molar-refractivity contribution >= 4 is 22.6 Å². The van der Waals surface area contributed by atoms with E-state index in [9.17, 15) is 0 Å². The molecule has 0 amide bonds. The maximum atomic E-state index is 6.25. The molecule has 5 heterocycles. The maximum absolute atomic E-state index is 6.25. The van der Waals surface area contributed by atoms with Gasteiger partial charge in [0.1, 0.15) is 5.65 Å². The van der Waals surface area contributed by atoms with E-state index in [-0.39, 0.29) is 5.41 Å². The predicted octanol–water partition coefficient (Wildman–Crippen LogP) is 3.45. The second kappa shape index (κ2) is 5.07. The number of aromatic nitrogens is 4. The summed E-state index contributed by atoms with van der Waals surface area (Å²) < 4.78 is 2.22. The molecule has 5 rings (SSSR count). The van der Waals surface area contributed by atoms with E-state index >= 15 is 0 Å². The molecule has 0 aromatic carbocycles. The number of rotatable bonds is 1. The fourth-order valence-corrected chi connectivity index (χ4v) is 4.65. The van der Waals surface area contributed by atoms with Crippen molar-refractivity contribution in [3.8, 4) is 11.3 Å². The molecule has 3 aromatic heterocycles. The van der Waals surface area contributed by atoms with Crippen molar-refractivity contribution in [1.29, 1.82) is 0 Å². The lowest BCUT2D eigenvalue weighted by Gasteiger charge is -2.33. The van der Waals surface area contributed by atoms with Gasteiger partial charge in [0.05, 0.1) is 10.7 Å². The van der Waals surface area contributed by atoms with Gasteiger partial charge < -0.3 is 9.88 Å². The number of hydrogen-bond acceptors (Lipinski definition) is 3. The van der Waals surface area contributed by atoms with E-state index in [1.165, 1.54) is 31.5 Å². The number of H-pyrrole nitrogens is 1. The third-order valence-corrected chi connectivity index (χ3v) is 5.98. The van der Waals surface area contributed by atoms with E-state index in [2.05, 4.69) is 38.7 Å². The molecule has 1 fully saturated rings. The molecule has 1 unspecified atom stereocenters. The molecule has 0 aliphatic carbocycles. The van der Waals surface area contributed by atoms with Gasteiger partial charge in [0, 0.05) is 47.5 Å². The molecule has 0 radical (unpaired) electrons. The summed E-state index contributed by atoms with van der Waals surface area (Å²) >= 11 is 6.25. The van der Waals surface area contributed by atoms with Crippen LogP contribution in [-0.2, 0) is 12.0 Å². The largest absolute Gasteiger partial charge is 0.345 e. The molecular formula is C18H20ClN5. The zero-order valence-electron chi connectivity index (χ0n) is 13.7. The molecule has 6 heteroatoms. The number of likely N-dealkylation sites (tertiary alicyclic amines) is 1. The second-order valence-electron chi connectivity index (χ2n) is 7.27. The Hall–Kier alpha value is -1.85. The van der Waals surface area contributed by atoms with Crippen molar-refractivity contribution in [2.45, 2.75) is 31.2 Å². The number of fused-ring (bicyclic) bond motifs is 3. The monoisotopic (exact) mass is 341 g/mol. The molecule has 2 aliphatic heterocycles. The van der Waals surface area contributed by atoms with Crippen molar-refractivity contribution in [2.24, 2.45) is 0 Å². The van der Waals surface area contributed by atoms with Gasteiger partial charge in [-0.05, 0) is 45.0 Å². The Balaban J connectivity index is 1.61. The van der Waals surface area contributed by atoms with Crippen LogP contribution in [0.25, 0.3) is 22.3 Å². The number of nitrogens with zero attached hydrogens (tertiary/aromatic N) is 4. The Kier molecular flexibility index (Phi) is 3.06. The Bertz CT molecular complexity index is 927. The van der Waals surface area contributed by atoms with E-state index in [0.717, 1.165) is 35.4 Å². The predicted molar refractivity (Wildman–Crippen MR) is 95.4 cm³/mol. The highest BCUT2D eigenvalue weighted by Gasteiger charge is 2.42. The summed E-state index contributed by atoms with van der Waals surface area (Å²) in [6.45, 7) is 3.33. The lowest BCUT2D eigenvalue weighted by Crippen LogP contribution is -2.36. The van der Waals surface area contributed by atoms with Gasteiger partial charge in [-0.1, -0.05) is 11.6 Å². The summed E-state index contributed by atoms with van der Waals surface area (Å²) in [5.74, 6) is 0. The van der Waals surface area contributed by atoms with Gasteiger partial charge in [0.15, 0.2) is 0 Å². The first-order valence-electron chi connectivity index (χ1n) is 8.55. The van der Waals surface area contributed by atoms with Crippen LogP contribution in [0.1, 0.15) is 25.0 Å². The normalized spacial score (nSPS) is 24.1. The van der Waals surface area contributed by atoms with Gasteiger partial charge in [-0.3, -0.25) is 4.68 Å². The van der Waals surface area contributed by atoms with Gasteiger partial charge in [-0.25, -0.2) is 4.98 Å². The minimum absolute atomic E-state index is 0.279. The summed E-state index contributed by atoms with van der Waals surface area (Å²) in [5.41, 5.74) is 4.54. The number of hydrogen-bond donors (Lipinski definition) is 1. The molecule has 5 nitrogen and oxygen atoms in total. The summed E-state index contributed by atoms with van der Waals surface area (Å²) in [6.07, 6.45) is 7.38. The van der Waals surface area contributed by atoms with E-state index in [1.807, 2.05) is 6.20 Å². The Morgan fingerprint density at radius 3 is 3.00 bits per heavy atom. The first kappa shape index (κ1) is 14.5. The van der Waals surface area contributed by atoms with Crippen molar-refractivity contribution in [1.82, 2.24) is 24.6 Å². The van der Waals surface area contributed by atoms with Crippen molar-refractivity contribution in [3.05, 3.63) is 35.2 Å². The van der Waals surface area contributed by atoms with Gasteiger partial charge >= 0.3 is 0 Å². The number of aryl methyl sites for hydroxylation is 1. The molecule has 0 bridgehead atoms. The minimum Gasteiger partial charge on any atom is -0.345 e. The number of nitrogens with one attached hydrogen (secondary N) is 1. The first-order chi connectivity index (χ1) is 11.6. The molecule has 2 aliphatic rings. The highest BCUT2D eigenvalue weighted by atomic mass is 35.5. The quantitative estimate of drug-likeness (QED) is 0.737. The first-order valence-corrected chi connectivity index (χ1v) is 8.92. The van der Waals surface area contributed by atoms with Crippen LogP contribution in [0.4, 0.5) is 0 Å². The molecule has 3 aromatic rings. The van der Waals surface area contributed by atoms with Crippen LogP contribution < -0.4 is 0 Å². The summed E-state index contributed by atoms with van der Waals surface area (Å²) in [7, 11) is 2.22. The van der Waals surface area contributed by atoms with Crippen molar-refractivity contribution in [3.63, 3.8) is 0 Å². The number of aromatic amines is 1. The molecule has 1 atom stereocenters. The zero-order valence-corrected chi connectivity index (χ0v) is 14.5. The van der Waals surface area contributed by atoms with E-state index < -0.39 is 0 Å². The van der Waals surface area contributed by atoms with Crippen molar-refractivity contribution in [2.75, 3.05) is 20.1 Å². The molecule has 24 heavy (non-hydrogen) atoms. The molecule has 1 spiro atoms. The third-order valence-electron chi connectivity index (χ3n) is 5.67. The standard InChI is InChI=1S/C18H20ClN5/c1-23-6-4-18(11-23)3-2-5-24-16(18)8-15(22-24)12-7-13-14(19)10-21-17(13)20-9-12/h7-10H,2-6,11H2,1H3,(H,20,21). The molecule has 124 valence electrons.